The molecule has 7 nitrogen and oxygen atoms in total. The molecule has 0 saturated heterocycles. The third-order valence-electron chi connectivity index (χ3n) is 3.09. The van der Waals surface area contributed by atoms with Crippen molar-refractivity contribution in [3.63, 3.8) is 0 Å². The zero-order valence-corrected chi connectivity index (χ0v) is 13.1. The van der Waals surface area contributed by atoms with Gasteiger partial charge in [-0.3, -0.25) is 4.57 Å². The van der Waals surface area contributed by atoms with E-state index in [1.807, 2.05) is 18.2 Å². The number of hydrogen-bond acceptors (Lipinski definition) is 5. The van der Waals surface area contributed by atoms with Gasteiger partial charge < -0.3 is 19.6 Å². The van der Waals surface area contributed by atoms with Crippen LogP contribution >= 0.6 is 22.6 Å². The Bertz CT molecular complexity index is 673. The number of ether oxygens (including phenoxy) is 2. The van der Waals surface area contributed by atoms with Crippen molar-refractivity contribution in [1.82, 2.24) is 9.55 Å². The first-order valence-electron chi connectivity index (χ1n) is 6.32. The summed E-state index contributed by atoms with van der Waals surface area (Å²) in [6, 6.07) is 8.33. The Hall–Kier alpha value is -1.68. The van der Waals surface area contributed by atoms with Gasteiger partial charge >= 0.3 is 11.8 Å². The summed E-state index contributed by atoms with van der Waals surface area (Å²) in [7, 11) is 0. The average Bonchev–Trinajstić information content (AvgIpc) is 2.88. The maximum absolute atomic E-state index is 10.7. The van der Waals surface area contributed by atoms with Crippen molar-refractivity contribution in [2.45, 2.75) is 19.3 Å². The first-order valence-corrected chi connectivity index (χ1v) is 7.40. The van der Waals surface area contributed by atoms with Crippen molar-refractivity contribution in [3.8, 4) is 6.01 Å². The molecule has 2 aromatic rings. The van der Waals surface area contributed by atoms with Crippen LogP contribution in [0, 0.1) is 13.7 Å². The van der Waals surface area contributed by atoms with Crippen LogP contribution in [0.1, 0.15) is 5.56 Å². The molecule has 1 aliphatic heterocycles. The highest BCUT2D eigenvalue weighted by Gasteiger charge is 2.28. The highest BCUT2D eigenvalue weighted by atomic mass is 127. The van der Waals surface area contributed by atoms with Gasteiger partial charge in [0.15, 0.2) is 0 Å². The van der Waals surface area contributed by atoms with Gasteiger partial charge in [0.2, 0.25) is 0 Å². The van der Waals surface area contributed by atoms with Crippen LogP contribution in [0.5, 0.6) is 6.01 Å². The largest absolute Gasteiger partial charge is 0.443 e. The van der Waals surface area contributed by atoms with Gasteiger partial charge in [0, 0.05) is 8.55 Å². The van der Waals surface area contributed by atoms with Gasteiger partial charge in [-0.1, -0.05) is 12.1 Å². The fourth-order valence-corrected chi connectivity index (χ4v) is 2.71. The fraction of sp³-hybridized carbons (Fsp3) is 0.308. The monoisotopic (exact) mass is 401 g/mol. The van der Waals surface area contributed by atoms with Gasteiger partial charge in [-0.05, 0) is 45.2 Å². The van der Waals surface area contributed by atoms with Crippen molar-refractivity contribution < 1.29 is 14.4 Å². The highest BCUT2D eigenvalue weighted by molar-refractivity contribution is 14.1. The van der Waals surface area contributed by atoms with Crippen LogP contribution in [0.4, 0.5) is 5.82 Å². The lowest BCUT2D eigenvalue weighted by molar-refractivity contribution is -0.389. The van der Waals surface area contributed by atoms with E-state index in [1.54, 1.807) is 4.57 Å². The van der Waals surface area contributed by atoms with Crippen molar-refractivity contribution >= 4 is 28.4 Å². The highest BCUT2D eigenvalue weighted by Crippen LogP contribution is 2.22. The first-order chi connectivity index (χ1) is 10.1. The van der Waals surface area contributed by atoms with Crippen LogP contribution in [0.25, 0.3) is 0 Å². The van der Waals surface area contributed by atoms with E-state index < -0.39 is 4.92 Å². The number of nitro groups is 1. The van der Waals surface area contributed by atoms with E-state index in [0.29, 0.717) is 19.8 Å². The summed E-state index contributed by atoms with van der Waals surface area (Å²) < 4.78 is 14.0. The lowest BCUT2D eigenvalue weighted by Crippen LogP contribution is -2.32. The predicted octanol–water partition coefficient (Wildman–Crippen LogP) is 2.37. The van der Waals surface area contributed by atoms with Crippen LogP contribution in [0.3, 0.4) is 0 Å². The maximum Gasteiger partial charge on any atom is 0.414 e. The minimum atomic E-state index is -0.531. The normalized spacial score (nSPS) is 17.1. The number of nitrogens with zero attached hydrogens (tertiary/aromatic N) is 3. The van der Waals surface area contributed by atoms with Gasteiger partial charge in [0.1, 0.15) is 18.9 Å². The molecule has 3 rings (SSSR count). The Morgan fingerprint density at radius 1 is 1.57 bits per heavy atom. The van der Waals surface area contributed by atoms with Crippen LogP contribution in [0.2, 0.25) is 0 Å². The number of fused-ring (bicyclic) bond motifs is 1. The second-order valence-electron chi connectivity index (χ2n) is 4.67. The van der Waals surface area contributed by atoms with E-state index in [1.165, 1.54) is 6.20 Å². The number of rotatable bonds is 4. The van der Waals surface area contributed by atoms with Crippen molar-refractivity contribution in [1.29, 1.82) is 0 Å². The summed E-state index contributed by atoms with van der Waals surface area (Å²) in [5.74, 6) is -0.205. The molecule has 110 valence electrons. The van der Waals surface area contributed by atoms with Gasteiger partial charge in [-0.25, -0.2) is 0 Å². The Kier molecular flexibility index (Phi) is 4.06. The van der Waals surface area contributed by atoms with Crippen LogP contribution in [0.15, 0.2) is 30.5 Å². The molecule has 0 bridgehead atoms. The minimum Gasteiger partial charge on any atom is -0.443 e. The second-order valence-corrected chi connectivity index (χ2v) is 5.91. The van der Waals surface area contributed by atoms with Gasteiger partial charge in [0.25, 0.3) is 0 Å². The van der Waals surface area contributed by atoms with Crippen molar-refractivity contribution in [2.24, 2.45) is 0 Å². The molecule has 1 atom stereocenters. The zero-order chi connectivity index (χ0) is 14.8. The van der Waals surface area contributed by atoms with Crippen LogP contribution in [-0.4, -0.2) is 27.2 Å². The van der Waals surface area contributed by atoms with Crippen LogP contribution in [-0.2, 0) is 17.9 Å². The van der Waals surface area contributed by atoms with Gasteiger partial charge in [-0.2, -0.15) is 0 Å². The number of halogens is 1. The Morgan fingerprint density at radius 3 is 3.19 bits per heavy atom. The molecule has 1 aliphatic rings. The van der Waals surface area contributed by atoms with Gasteiger partial charge in [-0.15, -0.1) is 0 Å². The number of aromatic nitrogens is 2. The number of benzene rings is 1. The molecule has 0 aliphatic carbocycles. The van der Waals surface area contributed by atoms with E-state index in [9.17, 15) is 10.1 Å². The quantitative estimate of drug-likeness (QED) is 0.447. The summed E-state index contributed by atoms with van der Waals surface area (Å²) in [6.07, 6.45) is 1.22. The molecule has 0 unspecified atom stereocenters. The molecule has 0 fully saturated rings. The van der Waals surface area contributed by atoms with E-state index in [2.05, 4.69) is 33.6 Å². The lowest BCUT2D eigenvalue weighted by atomic mass is 10.2. The smallest absolute Gasteiger partial charge is 0.414 e. The van der Waals surface area contributed by atoms with E-state index in [0.717, 1.165) is 9.13 Å². The summed E-state index contributed by atoms with van der Waals surface area (Å²) in [6.45, 7) is 1.33. The van der Waals surface area contributed by atoms with Crippen molar-refractivity contribution in [3.05, 3.63) is 49.7 Å². The average molecular weight is 401 g/mol. The number of hydrogen-bond donors (Lipinski definition) is 0. The van der Waals surface area contributed by atoms with E-state index in [4.69, 9.17) is 9.47 Å². The molecule has 0 radical (unpaired) electrons. The number of imidazole rings is 1. The molecule has 21 heavy (non-hydrogen) atoms. The molecule has 1 aromatic carbocycles. The molecule has 2 heterocycles. The predicted molar refractivity (Wildman–Crippen MR) is 82.1 cm³/mol. The Balaban J connectivity index is 1.62. The summed E-state index contributed by atoms with van der Waals surface area (Å²) in [4.78, 5) is 14.0. The van der Waals surface area contributed by atoms with Crippen LogP contribution < -0.4 is 4.74 Å². The third kappa shape index (κ3) is 3.32. The molecular formula is C13H12IN3O4. The Labute approximate surface area is 134 Å². The van der Waals surface area contributed by atoms with E-state index in [-0.39, 0.29) is 17.9 Å². The Morgan fingerprint density at radius 2 is 2.43 bits per heavy atom. The lowest BCUT2D eigenvalue weighted by Gasteiger charge is -2.22. The first kappa shape index (κ1) is 14.3. The van der Waals surface area contributed by atoms with Gasteiger partial charge in [0.05, 0.1) is 13.2 Å². The topological polar surface area (TPSA) is 79.4 Å². The maximum atomic E-state index is 10.7. The summed E-state index contributed by atoms with van der Waals surface area (Å²) >= 11 is 2.25. The molecule has 0 spiro atoms. The minimum absolute atomic E-state index is 0.149. The molecule has 0 N–H and O–H groups in total. The molecule has 1 aromatic heterocycles. The third-order valence-corrected chi connectivity index (χ3v) is 3.76. The molecule has 8 heteroatoms. The fourth-order valence-electron chi connectivity index (χ4n) is 2.10. The molecular weight excluding hydrogens is 389 g/mol. The zero-order valence-electron chi connectivity index (χ0n) is 10.9. The summed E-state index contributed by atoms with van der Waals surface area (Å²) in [5, 5.41) is 10.7. The summed E-state index contributed by atoms with van der Waals surface area (Å²) in [5.41, 5.74) is 1.09. The molecule has 0 saturated carbocycles. The molecule has 0 amide bonds. The van der Waals surface area contributed by atoms with Crippen molar-refractivity contribution in [2.75, 3.05) is 6.61 Å². The SMILES string of the molecule is O=[N+]([O-])c1cn2c(n1)OC[C@@H](OCc1cccc(I)c1)C2. The second kappa shape index (κ2) is 5.98. The standard InChI is InChI=1S/C13H12IN3O4/c14-10-3-1-2-9(4-10)7-20-11-5-16-6-12(17(18)19)15-13(16)21-8-11/h1-4,6,11H,5,7-8H2/t11-/m0/s1. The van der Waals surface area contributed by atoms with E-state index >= 15 is 0 Å².